The van der Waals surface area contributed by atoms with E-state index < -0.39 is 0 Å². The van der Waals surface area contributed by atoms with Crippen molar-refractivity contribution in [2.75, 3.05) is 6.54 Å². The Kier molecular flexibility index (Phi) is 4.18. The molecule has 1 heteroatoms. The first kappa shape index (κ1) is 15.2. The molecular weight excluding hydrogens is 290 g/mol. The standard InChI is InChI=1S/C23H24N/c1-3-9-20(10-4-1)17-24(18-21-11-5-2-6-12-21)16-15-22-13-7-8-14-23(22)19-24/h1-14H,15-19H2/q+1. The molecule has 0 aliphatic carbocycles. The molecule has 4 rings (SSSR count). The average Bonchev–Trinajstić information content (AvgIpc) is 2.63. The summed E-state index contributed by atoms with van der Waals surface area (Å²) < 4.78 is 1.12. The Labute approximate surface area is 144 Å². The lowest BCUT2D eigenvalue weighted by molar-refractivity contribution is -0.967. The van der Waals surface area contributed by atoms with Gasteiger partial charge in [0.1, 0.15) is 19.6 Å². The molecule has 0 saturated carbocycles. The van der Waals surface area contributed by atoms with Gasteiger partial charge in [0.05, 0.1) is 6.54 Å². The van der Waals surface area contributed by atoms with Gasteiger partial charge in [-0.1, -0.05) is 84.9 Å². The predicted molar refractivity (Wildman–Crippen MR) is 99.3 cm³/mol. The molecule has 0 unspecified atom stereocenters. The smallest absolute Gasteiger partial charge is 0.105 e. The molecule has 0 aromatic heterocycles. The van der Waals surface area contributed by atoms with Crippen molar-refractivity contribution in [3.8, 4) is 0 Å². The highest BCUT2D eigenvalue weighted by atomic mass is 15.4. The van der Waals surface area contributed by atoms with Crippen LogP contribution in [0.3, 0.4) is 0 Å². The van der Waals surface area contributed by atoms with Crippen LogP contribution in [0.25, 0.3) is 0 Å². The molecule has 120 valence electrons. The number of fused-ring (bicyclic) bond motifs is 1. The minimum absolute atomic E-state index is 1.10. The zero-order chi connectivity index (χ0) is 16.2. The van der Waals surface area contributed by atoms with Gasteiger partial charge in [0.15, 0.2) is 0 Å². The van der Waals surface area contributed by atoms with Crippen molar-refractivity contribution >= 4 is 0 Å². The molecule has 1 aliphatic rings. The van der Waals surface area contributed by atoms with Gasteiger partial charge in [0.2, 0.25) is 0 Å². The molecule has 0 radical (unpaired) electrons. The van der Waals surface area contributed by atoms with E-state index in [0.717, 1.165) is 24.1 Å². The topological polar surface area (TPSA) is 0 Å². The first-order valence-electron chi connectivity index (χ1n) is 8.83. The van der Waals surface area contributed by atoms with Crippen LogP contribution in [0.2, 0.25) is 0 Å². The van der Waals surface area contributed by atoms with Gasteiger partial charge in [0.25, 0.3) is 0 Å². The quantitative estimate of drug-likeness (QED) is 0.597. The Morgan fingerprint density at radius 1 is 0.583 bits per heavy atom. The molecule has 0 amide bonds. The number of rotatable bonds is 4. The van der Waals surface area contributed by atoms with Gasteiger partial charge in [-0.25, -0.2) is 0 Å². The lowest BCUT2D eigenvalue weighted by Gasteiger charge is -2.42. The summed E-state index contributed by atoms with van der Waals surface area (Å²) in [5.41, 5.74) is 5.93. The SMILES string of the molecule is c1ccc(C[N+]2(Cc3ccccc3)CCc3ccccc3C2)cc1. The van der Waals surface area contributed by atoms with Crippen LogP contribution in [-0.4, -0.2) is 11.0 Å². The Bertz CT molecular complexity index is 751. The molecule has 0 spiro atoms. The second-order valence-electron chi connectivity index (χ2n) is 7.03. The van der Waals surface area contributed by atoms with Crippen LogP contribution < -0.4 is 0 Å². The van der Waals surface area contributed by atoms with Crippen LogP contribution in [0, 0.1) is 0 Å². The maximum absolute atomic E-state index is 2.32. The van der Waals surface area contributed by atoms with Gasteiger partial charge in [-0.05, 0) is 5.56 Å². The third-order valence-corrected chi connectivity index (χ3v) is 5.20. The van der Waals surface area contributed by atoms with E-state index in [0.29, 0.717) is 0 Å². The fourth-order valence-corrected chi connectivity index (χ4v) is 4.02. The molecule has 3 aromatic rings. The summed E-state index contributed by atoms with van der Waals surface area (Å²) in [7, 11) is 0. The molecule has 0 atom stereocenters. The van der Waals surface area contributed by atoms with Gasteiger partial charge in [0, 0.05) is 23.1 Å². The van der Waals surface area contributed by atoms with Crippen molar-refractivity contribution < 1.29 is 4.48 Å². The monoisotopic (exact) mass is 314 g/mol. The molecule has 1 aliphatic heterocycles. The second-order valence-corrected chi connectivity index (χ2v) is 7.03. The minimum Gasteiger partial charge on any atom is -0.312 e. The second kappa shape index (κ2) is 6.62. The van der Waals surface area contributed by atoms with Crippen LogP contribution in [0.4, 0.5) is 0 Å². The maximum Gasteiger partial charge on any atom is 0.105 e. The van der Waals surface area contributed by atoms with Crippen LogP contribution in [-0.2, 0) is 26.1 Å². The van der Waals surface area contributed by atoms with Crippen molar-refractivity contribution in [3.63, 3.8) is 0 Å². The van der Waals surface area contributed by atoms with Crippen molar-refractivity contribution in [3.05, 3.63) is 107 Å². The summed E-state index contributed by atoms with van der Waals surface area (Å²) in [6, 6.07) is 30.9. The van der Waals surface area contributed by atoms with Crippen molar-refractivity contribution in [1.29, 1.82) is 0 Å². The van der Waals surface area contributed by atoms with Crippen molar-refractivity contribution in [1.82, 2.24) is 0 Å². The fourth-order valence-electron chi connectivity index (χ4n) is 4.02. The van der Waals surface area contributed by atoms with E-state index in [4.69, 9.17) is 0 Å². The first-order chi connectivity index (χ1) is 11.8. The molecule has 1 heterocycles. The molecule has 1 nitrogen and oxygen atoms in total. The van der Waals surface area contributed by atoms with Crippen molar-refractivity contribution in [2.24, 2.45) is 0 Å². The summed E-state index contributed by atoms with van der Waals surface area (Å²) in [5.74, 6) is 0. The lowest BCUT2D eigenvalue weighted by atomic mass is 9.95. The minimum atomic E-state index is 1.10. The van der Waals surface area contributed by atoms with Crippen LogP contribution in [0.15, 0.2) is 84.9 Å². The molecule has 0 fully saturated rings. The summed E-state index contributed by atoms with van der Waals surface area (Å²) >= 11 is 0. The van der Waals surface area contributed by atoms with Crippen LogP contribution in [0.1, 0.15) is 22.3 Å². The van der Waals surface area contributed by atoms with Gasteiger partial charge in [-0.3, -0.25) is 0 Å². The number of hydrogen-bond acceptors (Lipinski definition) is 0. The number of benzene rings is 3. The van der Waals surface area contributed by atoms with E-state index in [1.807, 2.05) is 0 Å². The molecule has 3 aromatic carbocycles. The number of hydrogen-bond donors (Lipinski definition) is 0. The van der Waals surface area contributed by atoms with Crippen molar-refractivity contribution in [2.45, 2.75) is 26.1 Å². The summed E-state index contributed by atoms with van der Waals surface area (Å²) in [6.07, 6.45) is 1.18. The number of nitrogens with zero attached hydrogens (tertiary/aromatic N) is 1. The first-order valence-corrected chi connectivity index (χ1v) is 8.83. The van der Waals surface area contributed by atoms with Crippen LogP contribution >= 0.6 is 0 Å². The highest BCUT2D eigenvalue weighted by Gasteiger charge is 2.33. The van der Waals surface area contributed by atoms with E-state index in [2.05, 4.69) is 84.9 Å². The summed E-state index contributed by atoms with van der Waals surface area (Å²) in [6.45, 7) is 4.54. The third-order valence-electron chi connectivity index (χ3n) is 5.20. The number of quaternary nitrogens is 1. The van der Waals surface area contributed by atoms with Crippen LogP contribution in [0.5, 0.6) is 0 Å². The van der Waals surface area contributed by atoms with Gasteiger partial charge < -0.3 is 4.48 Å². The van der Waals surface area contributed by atoms with Gasteiger partial charge >= 0.3 is 0 Å². The third kappa shape index (κ3) is 3.27. The van der Waals surface area contributed by atoms with E-state index in [1.54, 1.807) is 0 Å². The van der Waals surface area contributed by atoms with E-state index >= 15 is 0 Å². The molecule has 24 heavy (non-hydrogen) atoms. The highest BCUT2D eigenvalue weighted by Crippen LogP contribution is 2.30. The zero-order valence-corrected chi connectivity index (χ0v) is 14.1. The Balaban J connectivity index is 1.67. The highest BCUT2D eigenvalue weighted by molar-refractivity contribution is 5.28. The van der Waals surface area contributed by atoms with Gasteiger partial charge in [-0.15, -0.1) is 0 Å². The van der Waals surface area contributed by atoms with E-state index in [1.165, 1.54) is 35.2 Å². The summed E-state index contributed by atoms with van der Waals surface area (Å²) in [4.78, 5) is 0. The molecular formula is C23H24N+. The molecule has 0 N–H and O–H groups in total. The Morgan fingerprint density at radius 3 is 1.67 bits per heavy atom. The Hall–Kier alpha value is -2.38. The van der Waals surface area contributed by atoms with E-state index in [-0.39, 0.29) is 0 Å². The normalized spacial score (nSPS) is 15.7. The molecule has 0 bridgehead atoms. The zero-order valence-electron chi connectivity index (χ0n) is 14.1. The maximum atomic E-state index is 2.32. The Morgan fingerprint density at radius 2 is 1.08 bits per heavy atom. The fraction of sp³-hybridized carbons (Fsp3) is 0.217. The largest absolute Gasteiger partial charge is 0.312 e. The lowest BCUT2D eigenvalue weighted by Crippen LogP contribution is -2.49. The average molecular weight is 314 g/mol. The predicted octanol–water partition coefficient (Wildman–Crippen LogP) is 4.96. The van der Waals surface area contributed by atoms with Gasteiger partial charge in [-0.2, -0.15) is 0 Å². The summed E-state index contributed by atoms with van der Waals surface area (Å²) in [5, 5.41) is 0. The van der Waals surface area contributed by atoms with E-state index in [9.17, 15) is 0 Å². The molecule has 0 saturated heterocycles.